The second-order valence-corrected chi connectivity index (χ2v) is 11.7. The van der Waals surface area contributed by atoms with E-state index >= 15 is 0 Å². The van der Waals surface area contributed by atoms with Gasteiger partial charge in [0.25, 0.3) is 5.91 Å². The molecule has 0 spiro atoms. The third-order valence-electron chi connectivity index (χ3n) is 7.41. The molecule has 41 heavy (non-hydrogen) atoms. The van der Waals surface area contributed by atoms with Gasteiger partial charge in [-0.05, 0) is 68.1 Å². The molecule has 1 aromatic heterocycles. The van der Waals surface area contributed by atoms with Crippen LogP contribution < -0.4 is 10.1 Å². The van der Waals surface area contributed by atoms with E-state index in [2.05, 4.69) is 5.32 Å². The first kappa shape index (κ1) is 31.4. The van der Waals surface area contributed by atoms with Crippen LogP contribution in [-0.2, 0) is 31.4 Å². The van der Waals surface area contributed by atoms with Crippen LogP contribution in [0.2, 0.25) is 0 Å². The van der Waals surface area contributed by atoms with Crippen LogP contribution >= 0.6 is 0 Å². The van der Waals surface area contributed by atoms with Gasteiger partial charge in [0.2, 0.25) is 9.84 Å². The summed E-state index contributed by atoms with van der Waals surface area (Å²) in [5.74, 6) is -3.49. The van der Waals surface area contributed by atoms with E-state index in [4.69, 9.17) is 9.84 Å². The summed E-state index contributed by atoms with van der Waals surface area (Å²) in [6.07, 6.45) is 0.607. The number of carbonyl (C=O) groups excluding carboxylic acids is 1. The fourth-order valence-corrected chi connectivity index (χ4v) is 6.14. The van der Waals surface area contributed by atoms with Crippen molar-refractivity contribution in [3.8, 4) is 5.75 Å². The number of benzene rings is 2. The highest BCUT2D eigenvalue weighted by atomic mass is 32.2. The number of carboxylic acid groups (broad SMARTS) is 2. The Hall–Kier alpha value is -4.12. The lowest BCUT2D eigenvalue weighted by molar-refractivity contribution is -0.145. The zero-order valence-corrected chi connectivity index (χ0v) is 24.4. The van der Waals surface area contributed by atoms with Crippen molar-refractivity contribution in [2.75, 3.05) is 5.94 Å². The SMILES string of the molecule is CCn1c(C(=O)N[C@H](CC(=O)O)C(=O)O)ccc1C(CC)(CC)c1ccc(OCS(=O)(=O)c2ccccc2)c(C)c1. The van der Waals surface area contributed by atoms with E-state index in [9.17, 15) is 27.9 Å². The molecule has 0 saturated carbocycles. The van der Waals surface area contributed by atoms with E-state index < -0.39 is 51.5 Å². The Bertz CT molecular complexity index is 1510. The lowest BCUT2D eigenvalue weighted by Gasteiger charge is -2.34. The summed E-state index contributed by atoms with van der Waals surface area (Å²) in [4.78, 5) is 35.8. The summed E-state index contributed by atoms with van der Waals surface area (Å²) < 4.78 is 32.9. The average molecular weight is 585 g/mol. The molecule has 3 rings (SSSR count). The van der Waals surface area contributed by atoms with Crippen LogP contribution in [0.5, 0.6) is 5.75 Å². The molecule has 0 aliphatic carbocycles. The number of aryl methyl sites for hydroxylation is 1. The molecule has 0 unspecified atom stereocenters. The van der Waals surface area contributed by atoms with Crippen molar-refractivity contribution in [1.29, 1.82) is 0 Å². The maximum Gasteiger partial charge on any atom is 0.326 e. The lowest BCUT2D eigenvalue weighted by Crippen LogP contribution is -2.43. The maximum atomic E-state index is 13.1. The molecule has 3 aromatic rings. The Labute approximate surface area is 239 Å². The average Bonchev–Trinajstić information content (AvgIpc) is 3.38. The molecule has 0 fully saturated rings. The Morgan fingerprint density at radius 1 is 0.976 bits per heavy atom. The number of aliphatic carboxylic acids is 2. The van der Waals surface area contributed by atoms with Gasteiger partial charge in [-0.2, -0.15) is 0 Å². The number of hydrogen-bond acceptors (Lipinski definition) is 6. The van der Waals surface area contributed by atoms with Gasteiger partial charge in [-0.3, -0.25) is 9.59 Å². The molecule has 1 amide bonds. The molecular weight excluding hydrogens is 548 g/mol. The van der Waals surface area contributed by atoms with Crippen molar-refractivity contribution in [3.05, 3.63) is 83.2 Å². The third-order valence-corrected chi connectivity index (χ3v) is 8.83. The van der Waals surface area contributed by atoms with Gasteiger partial charge in [-0.15, -0.1) is 0 Å². The molecule has 2 aromatic carbocycles. The highest BCUT2D eigenvalue weighted by molar-refractivity contribution is 7.91. The Morgan fingerprint density at radius 3 is 2.17 bits per heavy atom. The highest BCUT2D eigenvalue weighted by Gasteiger charge is 2.35. The molecular formula is C30H36N2O8S. The van der Waals surface area contributed by atoms with E-state index in [1.165, 1.54) is 12.1 Å². The number of carboxylic acids is 2. The summed E-state index contributed by atoms with van der Waals surface area (Å²) in [6, 6.07) is 15.6. The fraction of sp³-hybridized carbons (Fsp3) is 0.367. The maximum absolute atomic E-state index is 13.1. The van der Waals surface area contributed by atoms with E-state index in [0.29, 0.717) is 25.1 Å². The number of nitrogens with one attached hydrogen (secondary N) is 1. The number of aromatic nitrogens is 1. The molecule has 1 atom stereocenters. The van der Waals surface area contributed by atoms with Gasteiger partial charge < -0.3 is 24.8 Å². The largest absolute Gasteiger partial charge is 0.481 e. The van der Waals surface area contributed by atoms with Gasteiger partial charge in [0.1, 0.15) is 17.5 Å². The number of amides is 1. The van der Waals surface area contributed by atoms with Crippen LogP contribution in [0.3, 0.4) is 0 Å². The molecule has 10 nitrogen and oxygen atoms in total. The van der Waals surface area contributed by atoms with Crippen LogP contribution in [0.15, 0.2) is 65.6 Å². The van der Waals surface area contributed by atoms with E-state index in [1.54, 1.807) is 30.3 Å². The van der Waals surface area contributed by atoms with E-state index in [1.807, 2.05) is 50.5 Å². The Kier molecular flexibility index (Phi) is 9.98. The minimum atomic E-state index is -3.63. The van der Waals surface area contributed by atoms with E-state index in [0.717, 1.165) is 16.8 Å². The van der Waals surface area contributed by atoms with E-state index in [-0.39, 0.29) is 10.6 Å². The van der Waals surface area contributed by atoms with Crippen LogP contribution in [0.4, 0.5) is 0 Å². The summed E-state index contributed by atoms with van der Waals surface area (Å²) in [5.41, 5.74) is 2.25. The van der Waals surface area contributed by atoms with Crippen molar-refractivity contribution in [2.24, 2.45) is 0 Å². The van der Waals surface area contributed by atoms with Gasteiger partial charge in [0.15, 0.2) is 5.94 Å². The van der Waals surface area contributed by atoms with Gasteiger partial charge in [-0.1, -0.05) is 44.2 Å². The molecule has 0 radical (unpaired) electrons. The number of sulfone groups is 1. The molecule has 0 aliphatic rings. The highest BCUT2D eigenvalue weighted by Crippen LogP contribution is 2.41. The van der Waals surface area contributed by atoms with Crippen LogP contribution in [0.25, 0.3) is 0 Å². The fourth-order valence-electron chi connectivity index (χ4n) is 5.15. The molecule has 11 heteroatoms. The van der Waals surface area contributed by atoms with Crippen LogP contribution in [0.1, 0.15) is 67.3 Å². The minimum absolute atomic E-state index is 0.183. The molecule has 3 N–H and O–H groups in total. The van der Waals surface area contributed by atoms with Gasteiger partial charge in [0.05, 0.1) is 11.3 Å². The summed E-state index contributed by atoms with van der Waals surface area (Å²) >= 11 is 0. The number of nitrogens with zero attached hydrogens (tertiary/aromatic N) is 1. The number of rotatable bonds is 14. The Balaban J connectivity index is 1.93. The van der Waals surface area contributed by atoms with Crippen molar-refractivity contribution >= 4 is 27.7 Å². The number of carbonyl (C=O) groups is 3. The van der Waals surface area contributed by atoms with Gasteiger partial charge in [0, 0.05) is 17.7 Å². The van der Waals surface area contributed by atoms with Crippen molar-refractivity contribution in [2.45, 2.75) is 69.9 Å². The first-order valence-corrected chi connectivity index (χ1v) is 15.0. The zero-order valence-electron chi connectivity index (χ0n) is 23.6. The second-order valence-electron chi connectivity index (χ2n) is 9.77. The quantitative estimate of drug-likeness (QED) is 0.252. The smallest absolute Gasteiger partial charge is 0.326 e. The summed E-state index contributed by atoms with van der Waals surface area (Å²) in [5, 5.41) is 20.7. The predicted octanol–water partition coefficient (Wildman–Crippen LogP) is 4.39. The molecule has 1 heterocycles. The van der Waals surface area contributed by atoms with Crippen LogP contribution in [0, 0.1) is 6.92 Å². The lowest BCUT2D eigenvalue weighted by atomic mass is 9.72. The third kappa shape index (κ3) is 6.79. The monoisotopic (exact) mass is 584 g/mol. The van der Waals surface area contributed by atoms with Crippen molar-refractivity contribution < 1.29 is 37.8 Å². The van der Waals surface area contributed by atoms with Gasteiger partial charge in [-0.25, -0.2) is 13.2 Å². The van der Waals surface area contributed by atoms with Crippen molar-refractivity contribution in [3.63, 3.8) is 0 Å². The normalized spacial score (nSPS) is 12.5. The second kappa shape index (κ2) is 13.0. The standard InChI is InChI=1S/C30H36N2O8S/c1-5-30(6-2,26-16-14-24(32(26)7-3)28(35)31-23(29(36)37)18-27(33)34)21-13-15-25(20(4)17-21)40-19-41(38,39)22-11-9-8-10-12-22/h8-17,23H,5-7,18-19H2,1-4H3,(H,31,35)(H,33,34)(H,36,37)/t23-/m1/s1. The first-order valence-electron chi connectivity index (χ1n) is 13.4. The first-order chi connectivity index (χ1) is 19.4. The van der Waals surface area contributed by atoms with Gasteiger partial charge >= 0.3 is 11.9 Å². The summed E-state index contributed by atoms with van der Waals surface area (Å²) in [6.45, 7) is 8.21. The summed E-state index contributed by atoms with van der Waals surface area (Å²) in [7, 11) is -3.63. The minimum Gasteiger partial charge on any atom is -0.481 e. The zero-order chi connectivity index (χ0) is 30.4. The molecule has 0 saturated heterocycles. The number of hydrogen-bond donors (Lipinski definition) is 3. The predicted molar refractivity (Wildman–Crippen MR) is 153 cm³/mol. The molecule has 220 valence electrons. The molecule has 0 bridgehead atoms. The Morgan fingerprint density at radius 2 is 1.63 bits per heavy atom. The van der Waals surface area contributed by atoms with Crippen LogP contribution in [-0.4, -0.2) is 53.0 Å². The van der Waals surface area contributed by atoms with Crippen molar-refractivity contribution in [1.82, 2.24) is 9.88 Å². The number of ether oxygens (including phenoxy) is 1. The molecule has 0 aliphatic heterocycles. The topological polar surface area (TPSA) is 152 Å².